The minimum atomic E-state index is 0.709. The van der Waals surface area contributed by atoms with Crippen molar-refractivity contribution < 1.29 is 0 Å². The molecule has 1 aliphatic rings. The summed E-state index contributed by atoms with van der Waals surface area (Å²) in [5.74, 6) is 0.991. The second-order valence-electron chi connectivity index (χ2n) is 5.71. The van der Waals surface area contributed by atoms with Gasteiger partial charge in [-0.2, -0.15) is 0 Å². The lowest BCUT2D eigenvalue weighted by Gasteiger charge is -2.29. The topological polar surface area (TPSA) is 24.9 Å². The van der Waals surface area contributed by atoms with E-state index in [4.69, 9.17) is 0 Å². The van der Waals surface area contributed by atoms with Crippen LogP contribution in [0.15, 0.2) is 18.3 Å². The average Bonchev–Trinajstić information content (AvgIpc) is 2.40. The highest BCUT2D eigenvalue weighted by molar-refractivity contribution is 5.12. The zero-order chi connectivity index (χ0) is 12.8. The van der Waals surface area contributed by atoms with Gasteiger partial charge < -0.3 is 5.32 Å². The summed E-state index contributed by atoms with van der Waals surface area (Å²) in [4.78, 5) is 4.44. The number of aryl methyl sites for hydroxylation is 1. The van der Waals surface area contributed by atoms with Crippen LogP contribution in [0.4, 0.5) is 0 Å². The lowest BCUT2D eigenvalue weighted by molar-refractivity contribution is 0.277. The molecule has 2 heteroatoms. The summed E-state index contributed by atoms with van der Waals surface area (Å²) >= 11 is 0. The van der Waals surface area contributed by atoms with Gasteiger partial charge in [-0.15, -0.1) is 0 Å². The Hall–Kier alpha value is -0.890. The third-order valence-corrected chi connectivity index (χ3v) is 4.09. The molecule has 0 saturated heterocycles. The first kappa shape index (κ1) is 13.5. The van der Waals surface area contributed by atoms with Crippen molar-refractivity contribution in [3.8, 4) is 0 Å². The van der Waals surface area contributed by atoms with Gasteiger partial charge in [-0.1, -0.05) is 25.8 Å². The molecule has 1 heterocycles. The molecule has 2 nitrogen and oxygen atoms in total. The van der Waals surface area contributed by atoms with E-state index in [0.717, 1.165) is 18.2 Å². The van der Waals surface area contributed by atoms with E-state index >= 15 is 0 Å². The van der Waals surface area contributed by atoms with E-state index in [2.05, 4.69) is 36.3 Å². The second kappa shape index (κ2) is 6.89. The molecule has 0 spiro atoms. The van der Waals surface area contributed by atoms with Crippen molar-refractivity contribution in [2.45, 2.75) is 65.0 Å². The SMILES string of the molecule is CCCC1CCC(NCc2ccc(C)cn2)CC1. The Morgan fingerprint density at radius 1 is 1.22 bits per heavy atom. The Morgan fingerprint density at radius 3 is 2.61 bits per heavy atom. The van der Waals surface area contributed by atoms with E-state index < -0.39 is 0 Å². The molecule has 1 aliphatic carbocycles. The molecular formula is C16H26N2. The Balaban J connectivity index is 1.70. The maximum atomic E-state index is 4.44. The zero-order valence-electron chi connectivity index (χ0n) is 11.8. The maximum absolute atomic E-state index is 4.44. The average molecular weight is 246 g/mol. The van der Waals surface area contributed by atoms with Crippen LogP contribution >= 0.6 is 0 Å². The predicted molar refractivity (Wildman–Crippen MR) is 76.5 cm³/mol. The summed E-state index contributed by atoms with van der Waals surface area (Å²) in [6.07, 6.45) is 10.2. The van der Waals surface area contributed by atoms with Crippen LogP contribution in [0.25, 0.3) is 0 Å². The summed E-state index contributed by atoms with van der Waals surface area (Å²) in [6, 6.07) is 4.98. The van der Waals surface area contributed by atoms with Crippen LogP contribution in [-0.2, 0) is 6.54 Å². The van der Waals surface area contributed by atoms with Crippen molar-refractivity contribution in [2.24, 2.45) is 5.92 Å². The van der Waals surface area contributed by atoms with Gasteiger partial charge in [-0.3, -0.25) is 4.98 Å². The van der Waals surface area contributed by atoms with Gasteiger partial charge >= 0.3 is 0 Å². The fourth-order valence-electron chi connectivity index (χ4n) is 2.92. The Bertz CT molecular complexity index is 337. The molecule has 1 N–H and O–H groups in total. The molecular weight excluding hydrogens is 220 g/mol. The first-order chi connectivity index (χ1) is 8.78. The molecule has 1 saturated carbocycles. The Morgan fingerprint density at radius 2 is 2.00 bits per heavy atom. The largest absolute Gasteiger partial charge is 0.308 e. The van der Waals surface area contributed by atoms with Gasteiger partial charge in [0, 0.05) is 18.8 Å². The number of pyridine rings is 1. The summed E-state index contributed by atoms with van der Waals surface area (Å²) < 4.78 is 0. The van der Waals surface area contributed by atoms with Crippen molar-refractivity contribution >= 4 is 0 Å². The predicted octanol–water partition coefficient (Wildman–Crippen LogP) is 3.84. The zero-order valence-corrected chi connectivity index (χ0v) is 11.8. The van der Waals surface area contributed by atoms with Gasteiger partial charge in [0.2, 0.25) is 0 Å². The second-order valence-corrected chi connectivity index (χ2v) is 5.71. The molecule has 1 fully saturated rings. The third-order valence-electron chi connectivity index (χ3n) is 4.09. The molecule has 18 heavy (non-hydrogen) atoms. The summed E-state index contributed by atoms with van der Waals surface area (Å²) in [5, 5.41) is 3.66. The van der Waals surface area contributed by atoms with Gasteiger partial charge in [-0.25, -0.2) is 0 Å². The van der Waals surface area contributed by atoms with Crippen LogP contribution in [0.2, 0.25) is 0 Å². The van der Waals surface area contributed by atoms with E-state index in [1.54, 1.807) is 0 Å². The van der Waals surface area contributed by atoms with Gasteiger partial charge in [-0.05, 0) is 50.2 Å². The number of hydrogen-bond acceptors (Lipinski definition) is 2. The highest BCUT2D eigenvalue weighted by atomic mass is 14.9. The quantitative estimate of drug-likeness (QED) is 0.854. The normalized spacial score (nSPS) is 24.1. The van der Waals surface area contributed by atoms with Gasteiger partial charge in [0.05, 0.1) is 5.69 Å². The molecule has 100 valence electrons. The molecule has 0 unspecified atom stereocenters. The standard InChI is InChI=1S/C16H26N2/c1-3-4-14-6-9-15(10-7-14)18-12-16-8-5-13(2)11-17-16/h5,8,11,14-15,18H,3-4,6-7,9-10,12H2,1-2H3. The fourth-order valence-corrected chi connectivity index (χ4v) is 2.92. The monoisotopic (exact) mass is 246 g/mol. The molecule has 0 bridgehead atoms. The van der Waals surface area contributed by atoms with E-state index in [-0.39, 0.29) is 0 Å². The molecule has 0 aromatic carbocycles. The molecule has 0 amide bonds. The number of nitrogens with one attached hydrogen (secondary N) is 1. The molecule has 2 rings (SSSR count). The van der Waals surface area contributed by atoms with Crippen LogP contribution in [0.5, 0.6) is 0 Å². The van der Waals surface area contributed by atoms with E-state index in [0.29, 0.717) is 6.04 Å². The number of rotatable bonds is 5. The van der Waals surface area contributed by atoms with Gasteiger partial charge in [0.1, 0.15) is 0 Å². The minimum absolute atomic E-state index is 0.709. The van der Waals surface area contributed by atoms with Crippen LogP contribution in [0, 0.1) is 12.8 Å². The highest BCUT2D eigenvalue weighted by Gasteiger charge is 2.19. The fraction of sp³-hybridized carbons (Fsp3) is 0.688. The lowest BCUT2D eigenvalue weighted by atomic mass is 9.83. The summed E-state index contributed by atoms with van der Waals surface area (Å²) in [7, 11) is 0. The minimum Gasteiger partial charge on any atom is -0.308 e. The molecule has 0 radical (unpaired) electrons. The van der Waals surface area contributed by atoms with Crippen LogP contribution in [-0.4, -0.2) is 11.0 Å². The van der Waals surface area contributed by atoms with E-state index in [9.17, 15) is 0 Å². The third kappa shape index (κ3) is 4.09. The summed E-state index contributed by atoms with van der Waals surface area (Å²) in [6.45, 7) is 5.30. The summed E-state index contributed by atoms with van der Waals surface area (Å²) in [5.41, 5.74) is 2.40. The van der Waals surface area contributed by atoms with Gasteiger partial charge in [0.25, 0.3) is 0 Å². The first-order valence-corrected chi connectivity index (χ1v) is 7.43. The van der Waals surface area contributed by atoms with Crippen molar-refractivity contribution in [1.82, 2.24) is 10.3 Å². The molecule has 1 aromatic rings. The highest BCUT2D eigenvalue weighted by Crippen LogP contribution is 2.27. The number of aromatic nitrogens is 1. The Kier molecular flexibility index (Phi) is 5.18. The van der Waals surface area contributed by atoms with Crippen LogP contribution < -0.4 is 5.32 Å². The molecule has 0 atom stereocenters. The smallest absolute Gasteiger partial charge is 0.0541 e. The van der Waals surface area contributed by atoms with Crippen molar-refractivity contribution in [1.29, 1.82) is 0 Å². The van der Waals surface area contributed by atoms with Crippen molar-refractivity contribution in [3.63, 3.8) is 0 Å². The Labute approximate surface area is 111 Å². The number of nitrogens with zero attached hydrogens (tertiary/aromatic N) is 1. The number of hydrogen-bond donors (Lipinski definition) is 1. The van der Waals surface area contributed by atoms with Crippen LogP contribution in [0.1, 0.15) is 56.7 Å². The van der Waals surface area contributed by atoms with Gasteiger partial charge in [0.15, 0.2) is 0 Å². The molecule has 0 aliphatic heterocycles. The van der Waals surface area contributed by atoms with Crippen molar-refractivity contribution in [3.05, 3.63) is 29.6 Å². The van der Waals surface area contributed by atoms with E-state index in [1.807, 2.05) is 6.20 Å². The van der Waals surface area contributed by atoms with Crippen molar-refractivity contribution in [2.75, 3.05) is 0 Å². The lowest BCUT2D eigenvalue weighted by Crippen LogP contribution is -2.32. The first-order valence-electron chi connectivity index (χ1n) is 7.43. The van der Waals surface area contributed by atoms with E-state index in [1.165, 1.54) is 44.1 Å². The van der Waals surface area contributed by atoms with Crippen LogP contribution in [0.3, 0.4) is 0 Å². The maximum Gasteiger partial charge on any atom is 0.0541 e. The molecule has 1 aromatic heterocycles.